The summed E-state index contributed by atoms with van der Waals surface area (Å²) in [6.07, 6.45) is 1.81. The van der Waals surface area contributed by atoms with Gasteiger partial charge in [-0.1, -0.05) is 30.3 Å². The number of ether oxygens (including phenoxy) is 1. The number of fused-ring (bicyclic) bond motifs is 1. The first-order valence-electron chi connectivity index (χ1n) is 11.0. The number of aliphatic imine (C=N–C) groups is 1. The number of rotatable bonds is 3. The number of hydrogen-bond donors (Lipinski definition) is 2. The average Bonchev–Trinajstić information content (AvgIpc) is 2.73. The van der Waals surface area contributed by atoms with Gasteiger partial charge in [0.2, 0.25) is 0 Å². The quantitative estimate of drug-likeness (QED) is 0.769. The lowest BCUT2D eigenvalue weighted by Gasteiger charge is -2.47. The molecule has 6 nitrogen and oxygen atoms in total. The first kappa shape index (κ1) is 21.2. The van der Waals surface area contributed by atoms with Crippen LogP contribution in [0.3, 0.4) is 0 Å². The van der Waals surface area contributed by atoms with E-state index in [1.165, 1.54) is 0 Å². The van der Waals surface area contributed by atoms with Crippen molar-refractivity contribution in [3.8, 4) is 5.75 Å². The Morgan fingerprint density at radius 2 is 1.84 bits per heavy atom. The first-order valence-corrected chi connectivity index (χ1v) is 11.0. The maximum absolute atomic E-state index is 13.1. The molecule has 0 unspecified atom stereocenters. The molecule has 2 aliphatic rings. The Balaban J connectivity index is 1.56. The highest BCUT2D eigenvalue weighted by Crippen LogP contribution is 2.37. The van der Waals surface area contributed by atoms with E-state index >= 15 is 0 Å². The van der Waals surface area contributed by atoms with Crippen molar-refractivity contribution in [2.24, 2.45) is 4.99 Å². The number of para-hydroxylation sites is 3. The van der Waals surface area contributed by atoms with Gasteiger partial charge >= 0.3 is 0 Å². The van der Waals surface area contributed by atoms with E-state index in [0.717, 1.165) is 47.9 Å². The van der Waals surface area contributed by atoms with Gasteiger partial charge in [0.1, 0.15) is 17.1 Å². The zero-order valence-electron chi connectivity index (χ0n) is 18.9. The van der Waals surface area contributed by atoms with Gasteiger partial charge in [-0.25, -0.2) is 0 Å². The molecule has 2 heterocycles. The van der Waals surface area contributed by atoms with E-state index in [1.807, 2.05) is 48.2 Å². The van der Waals surface area contributed by atoms with Gasteiger partial charge in [-0.3, -0.25) is 9.79 Å². The van der Waals surface area contributed by atoms with Crippen LogP contribution in [0.15, 0.2) is 53.5 Å². The molecular weight excluding hydrogens is 388 g/mol. The molecule has 0 bridgehead atoms. The molecule has 1 amide bonds. The third-order valence-corrected chi connectivity index (χ3v) is 5.74. The number of anilines is 2. The van der Waals surface area contributed by atoms with E-state index in [0.29, 0.717) is 6.54 Å². The molecular formula is C25H32N4O2. The fraction of sp³-hybridized carbons (Fsp3) is 0.440. The Hall–Kier alpha value is -3.02. The number of hydrogen-bond acceptors (Lipinski definition) is 4. The Bertz CT molecular complexity index is 995. The lowest BCUT2D eigenvalue weighted by atomic mass is 9.84. The van der Waals surface area contributed by atoms with Crippen molar-refractivity contribution in [3.63, 3.8) is 0 Å². The highest BCUT2D eigenvalue weighted by molar-refractivity contribution is 6.10. The van der Waals surface area contributed by atoms with Gasteiger partial charge in [-0.2, -0.15) is 0 Å². The first-order chi connectivity index (χ1) is 14.8. The number of carbonyl (C=O) groups excluding carboxylic acids is 1. The molecule has 2 aliphatic heterocycles. The van der Waals surface area contributed by atoms with Gasteiger partial charge in [0.25, 0.3) is 5.91 Å². The van der Waals surface area contributed by atoms with Crippen LogP contribution in [0.4, 0.5) is 11.4 Å². The maximum Gasteiger partial charge on any atom is 0.260 e. The molecule has 164 valence electrons. The minimum absolute atomic E-state index is 0.00176. The molecule has 4 rings (SSSR count). The van der Waals surface area contributed by atoms with Crippen molar-refractivity contribution in [3.05, 3.63) is 54.1 Å². The van der Waals surface area contributed by atoms with Gasteiger partial charge in [0.15, 0.2) is 6.61 Å². The summed E-state index contributed by atoms with van der Waals surface area (Å²) >= 11 is 0. The van der Waals surface area contributed by atoms with Gasteiger partial charge in [-0.15, -0.1) is 0 Å². The molecule has 2 N–H and O–H groups in total. The molecule has 1 atom stereocenters. The highest BCUT2D eigenvalue weighted by Gasteiger charge is 2.45. The molecule has 0 saturated carbocycles. The number of amides is 1. The number of amidine groups is 1. The fourth-order valence-electron chi connectivity index (χ4n) is 4.25. The van der Waals surface area contributed by atoms with Gasteiger partial charge < -0.3 is 20.3 Å². The summed E-state index contributed by atoms with van der Waals surface area (Å²) in [6.45, 7) is 9.59. The summed E-state index contributed by atoms with van der Waals surface area (Å²) in [4.78, 5) is 20.0. The third-order valence-electron chi connectivity index (χ3n) is 5.74. The monoisotopic (exact) mass is 420 g/mol. The van der Waals surface area contributed by atoms with E-state index in [1.54, 1.807) is 0 Å². The van der Waals surface area contributed by atoms with Crippen LogP contribution in [0.2, 0.25) is 0 Å². The smallest absolute Gasteiger partial charge is 0.260 e. The van der Waals surface area contributed by atoms with Crippen molar-refractivity contribution in [1.82, 2.24) is 4.90 Å². The lowest BCUT2D eigenvalue weighted by Crippen LogP contribution is -2.63. The van der Waals surface area contributed by atoms with E-state index in [9.17, 15) is 4.79 Å². The molecule has 0 aromatic heterocycles. The Kier molecular flexibility index (Phi) is 5.65. The maximum atomic E-state index is 13.1. The largest absolute Gasteiger partial charge is 0.484 e. The van der Waals surface area contributed by atoms with Crippen LogP contribution in [-0.4, -0.2) is 47.4 Å². The molecule has 6 heteroatoms. The second kappa shape index (κ2) is 8.25. The average molecular weight is 421 g/mol. The predicted octanol–water partition coefficient (Wildman–Crippen LogP) is 4.47. The Morgan fingerprint density at radius 3 is 2.58 bits per heavy atom. The van der Waals surface area contributed by atoms with Crippen molar-refractivity contribution in [1.29, 1.82) is 0 Å². The third kappa shape index (κ3) is 4.68. The fourth-order valence-corrected chi connectivity index (χ4v) is 4.25. The molecule has 0 radical (unpaired) electrons. The number of likely N-dealkylation sites (tertiary alicyclic amines) is 1. The summed E-state index contributed by atoms with van der Waals surface area (Å²) in [5, 5.41) is 7.28. The summed E-state index contributed by atoms with van der Waals surface area (Å²) in [6, 6.07) is 15.9. The van der Waals surface area contributed by atoms with E-state index in [-0.39, 0.29) is 18.1 Å². The Morgan fingerprint density at radius 1 is 1.13 bits per heavy atom. The topological polar surface area (TPSA) is 66.0 Å². The van der Waals surface area contributed by atoms with Crippen molar-refractivity contribution < 1.29 is 9.53 Å². The van der Waals surface area contributed by atoms with E-state index < -0.39 is 5.54 Å². The molecule has 1 fully saturated rings. The Labute approximate surface area is 184 Å². The zero-order valence-corrected chi connectivity index (χ0v) is 18.9. The van der Waals surface area contributed by atoms with Crippen molar-refractivity contribution in [2.45, 2.75) is 51.6 Å². The van der Waals surface area contributed by atoms with E-state index in [2.05, 4.69) is 43.5 Å². The second-order valence-corrected chi connectivity index (χ2v) is 9.48. The standard InChI is InChI=1S/C25H32N4O2/c1-18-10-5-8-13-21(18)31-16-22(30)29-15-9-14-25(17-29)23(28-24(2,3)4)26-19-11-6-7-12-20(19)27-25/h5-8,10-13,27H,9,14-17H2,1-4H3,(H,26,28)/t25-/m1/s1. The number of carbonyl (C=O) groups is 1. The number of nitrogens with zero attached hydrogens (tertiary/aromatic N) is 2. The lowest BCUT2D eigenvalue weighted by molar-refractivity contribution is -0.134. The highest BCUT2D eigenvalue weighted by atomic mass is 16.5. The summed E-state index contributed by atoms with van der Waals surface area (Å²) < 4.78 is 5.83. The SMILES string of the molecule is Cc1ccccc1OCC(=O)N1CCC[C@]2(C1)Nc1ccccc1NC2=NC(C)(C)C. The zero-order chi connectivity index (χ0) is 22.1. The second-order valence-electron chi connectivity index (χ2n) is 9.48. The number of nitrogens with one attached hydrogen (secondary N) is 2. The van der Waals surface area contributed by atoms with Crippen LogP contribution < -0.4 is 15.4 Å². The van der Waals surface area contributed by atoms with E-state index in [4.69, 9.17) is 9.73 Å². The van der Waals surface area contributed by atoms with Crippen LogP contribution in [0.25, 0.3) is 0 Å². The number of aryl methyl sites for hydroxylation is 1. The van der Waals surface area contributed by atoms with Gasteiger partial charge in [-0.05, 0) is 64.3 Å². The normalized spacial score (nSPS) is 21.9. The number of benzene rings is 2. The van der Waals surface area contributed by atoms with Crippen molar-refractivity contribution >= 4 is 23.1 Å². The van der Waals surface area contributed by atoms with Crippen LogP contribution in [-0.2, 0) is 4.79 Å². The summed E-state index contributed by atoms with van der Waals surface area (Å²) in [7, 11) is 0. The van der Waals surface area contributed by atoms with Crippen LogP contribution >= 0.6 is 0 Å². The molecule has 0 aliphatic carbocycles. The van der Waals surface area contributed by atoms with Crippen LogP contribution in [0.5, 0.6) is 5.75 Å². The minimum Gasteiger partial charge on any atom is -0.484 e. The molecule has 1 saturated heterocycles. The predicted molar refractivity (Wildman–Crippen MR) is 126 cm³/mol. The molecule has 2 aromatic rings. The van der Waals surface area contributed by atoms with Gasteiger partial charge in [0.05, 0.1) is 23.5 Å². The summed E-state index contributed by atoms with van der Waals surface area (Å²) in [5.74, 6) is 1.65. The van der Waals surface area contributed by atoms with Crippen LogP contribution in [0, 0.1) is 6.92 Å². The van der Waals surface area contributed by atoms with Crippen LogP contribution in [0.1, 0.15) is 39.2 Å². The number of piperidine rings is 1. The summed E-state index contributed by atoms with van der Waals surface area (Å²) in [5.41, 5.74) is 2.42. The molecule has 31 heavy (non-hydrogen) atoms. The molecule has 2 aromatic carbocycles. The molecule has 1 spiro atoms. The van der Waals surface area contributed by atoms with Gasteiger partial charge in [0, 0.05) is 6.54 Å². The minimum atomic E-state index is -0.432. The van der Waals surface area contributed by atoms with Crippen molar-refractivity contribution in [2.75, 3.05) is 30.3 Å².